The Labute approximate surface area is 163 Å². The predicted octanol–water partition coefficient (Wildman–Crippen LogP) is 2.10. The van der Waals surface area contributed by atoms with Crippen molar-refractivity contribution in [2.75, 3.05) is 5.08 Å². The van der Waals surface area contributed by atoms with Crippen LogP contribution in [-0.4, -0.2) is 21.9 Å². The van der Waals surface area contributed by atoms with Crippen LogP contribution in [0.2, 0.25) is 0 Å². The van der Waals surface area contributed by atoms with Crippen LogP contribution in [0.3, 0.4) is 0 Å². The van der Waals surface area contributed by atoms with Crippen molar-refractivity contribution in [2.24, 2.45) is 0 Å². The van der Waals surface area contributed by atoms with Gasteiger partial charge in [-0.25, -0.2) is 26.4 Å². The first-order chi connectivity index (χ1) is 13.7. The second-order valence-electron chi connectivity index (χ2n) is 6.22. The normalized spacial score (nSPS) is 12.4. The Morgan fingerprint density at radius 2 is 1.00 bits per heavy atom. The highest BCUT2D eigenvalue weighted by Gasteiger charge is 2.31. The van der Waals surface area contributed by atoms with E-state index in [9.17, 15) is 26.4 Å². The average Bonchev–Trinajstić information content (AvgIpc) is 2.65. The third kappa shape index (κ3) is 3.47. The van der Waals surface area contributed by atoms with Gasteiger partial charge in [0, 0.05) is 10.8 Å². The zero-order valence-corrected chi connectivity index (χ0v) is 16.2. The Kier molecular flexibility index (Phi) is 4.39. The summed E-state index contributed by atoms with van der Waals surface area (Å²) in [5, 5.41) is -0.853. The summed E-state index contributed by atoms with van der Waals surface area (Å²) in [6, 6.07) is 14.5. The molecule has 4 rings (SSSR count). The van der Waals surface area contributed by atoms with E-state index in [2.05, 4.69) is 0 Å². The Bertz CT molecular complexity index is 1470. The molecule has 0 spiro atoms. The summed E-state index contributed by atoms with van der Waals surface area (Å²) in [4.78, 5) is 22.6. The maximum atomic E-state index is 12.7. The Balaban J connectivity index is 1.82. The lowest BCUT2D eigenvalue weighted by molar-refractivity contribution is 0.531. The number of sulfone groups is 2. The third-order valence-electron chi connectivity index (χ3n) is 4.20. The minimum Gasteiger partial charge on any atom is -0.422 e. The summed E-state index contributed by atoms with van der Waals surface area (Å²) in [6.07, 6.45) is 0. The van der Waals surface area contributed by atoms with Gasteiger partial charge >= 0.3 is 11.3 Å². The lowest BCUT2D eigenvalue weighted by Crippen LogP contribution is -2.25. The van der Waals surface area contributed by atoms with Gasteiger partial charge in [-0.2, -0.15) is 0 Å². The minimum absolute atomic E-state index is 0.162. The molecule has 0 atom stereocenters. The molecule has 0 N–H and O–H groups in total. The van der Waals surface area contributed by atoms with Crippen LogP contribution in [0.25, 0.3) is 21.9 Å². The smallest absolute Gasteiger partial charge is 0.355 e. The van der Waals surface area contributed by atoms with E-state index in [-0.39, 0.29) is 11.2 Å². The molecule has 8 nitrogen and oxygen atoms in total. The number of benzene rings is 2. The van der Waals surface area contributed by atoms with Gasteiger partial charge in [-0.3, -0.25) is 0 Å². The van der Waals surface area contributed by atoms with Gasteiger partial charge in [0.15, 0.2) is 34.6 Å². The molecule has 0 bridgehead atoms. The first-order valence-electron chi connectivity index (χ1n) is 8.19. The Hall–Kier alpha value is -3.24. The van der Waals surface area contributed by atoms with E-state index < -0.39 is 45.8 Å². The van der Waals surface area contributed by atoms with E-state index in [1.54, 1.807) is 24.3 Å². The number of hydrogen-bond donors (Lipinski definition) is 0. The van der Waals surface area contributed by atoms with Crippen LogP contribution in [-0.2, 0) is 19.7 Å². The summed E-state index contributed by atoms with van der Waals surface area (Å²) < 4.78 is 60.7. The van der Waals surface area contributed by atoms with Crippen molar-refractivity contribution in [3.8, 4) is 0 Å². The monoisotopic (exact) mass is 432 g/mol. The van der Waals surface area contributed by atoms with Gasteiger partial charge < -0.3 is 8.83 Å². The molecule has 2 aromatic carbocycles. The molecule has 0 aliphatic rings. The van der Waals surface area contributed by atoms with E-state index in [1.807, 2.05) is 0 Å². The van der Waals surface area contributed by atoms with Crippen LogP contribution in [0.1, 0.15) is 0 Å². The maximum Gasteiger partial charge on any atom is 0.355 e. The molecule has 0 radical (unpaired) electrons. The zero-order chi connectivity index (χ0) is 20.8. The summed E-state index contributed by atoms with van der Waals surface area (Å²) in [6.45, 7) is 0. The third-order valence-corrected chi connectivity index (χ3v) is 8.59. The van der Waals surface area contributed by atoms with Gasteiger partial charge in [0.2, 0.25) is 0 Å². The van der Waals surface area contributed by atoms with Gasteiger partial charge in [0.1, 0.15) is 11.2 Å². The first-order valence-corrected chi connectivity index (χ1v) is 11.5. The summed E-state index contributed by atoms with van der Waals surface area (Å²) in [5.41, 5.74) is -2.06. The van der Waals surface area contributed by atoms with Crippen molar-refractivity contribution in [1.82, 2.24) is 0 Å². The molecule has 0 fully saturated rings. The van der Waals surface area contributed by atoms with Gasteiger partial charge in [-0.05, 0) is 24.3 Å². The molecule has 2 heterocycles. The molecule has 0 unspecified atom stereocenters. The van der Waals surface area contributed by atoms with Crippen molar-refractivity contribution in [3.05, 3.63) is 81.5 Å². The van der Waals surface area contributed by atoms with Crippen LogP contribution in [0, 0.1) is 0 Å². The molecular weight excluding hydrogens is 420 g/mol. The topological polar surface area (TPSA) is 129 Å². The SMILES string of the molecule is O=c1oc2ccccc2cc1S(=O)(=O)CS(=O)(=O)c1cc2ccccc2oc1=O. The standard InChI is InChI=1S/C19H12O8S2/c20-18-16(9-12-5-1-3-7-14(12)26-18)28(22,23)11-29(24,25)17-10-13-6-2-4-8-15(13)27-19(17)21/h1-10H,11H2. The molecule has 0 amide bonds. The molecule has 10 heteroatoms. The number of fused-ring (bicyclic) bond motifs is 2. The highest BCUT2D eigenvalue weighted by atomic mass is 32.3. The molecule has 0 saturated heterocycles. The molecule has 4 aromatic rings. The lowest BCUT2D eigenvalue weighted by Gasteiger charge is -2.06. The lowest BCUT2D eigenvalue weighted by atomic mass is 10.2. The first kappa shape index (κ1) is 19.1. The van der Waals surface area contributed by atoms with E-state index in [1.165, 1.54) is 24.3 Å². The van der Waals surface area contributed by atoms with Crippen molar-refractivity contribution in [3.63, 3.8) is 0 Å². The molecule has 148 valence electrons. The Morgan fingerprint density at radius 3 is 1.41 bits per heavy atom. The van der Waals surface area contributed by atoms with Crippen LogP contribution in [0.15, 0.2) is 88.9 Å². The van der Waals surface area contributed by atoms with Gasteiger partial charge in [0.05, 0.1) is 0 Å². The molecular formula is C19H12O8S2. The second kappa shape index (κ2) is 6.68. The van der Waals surface area contributed by atoms with E-state index in [0.29, 0.717) is 10.8 Å². The quantitative estimate of drug-likeness (QED) is 0.448. The highest BCUT2D eigenvalue weighted by Crippen LogP contribution is 2.21. The second-order valence-corrected chi connectivity index (χ2v) is 10.5. The summed E-state index contributed by atoms with van der Waals surface area (Å²) >= 11 is 0. The Morgan fingerprint density at radius 1 is 0.621 bits per heavy atom. The molecule has 0 aliphatic carbocycles. The van der Waals surface area contributed by atoms with Crippen molar-refractivity contribution in [1.29, 1.82) is 0 Å². The van der Waals surface area contributed by atoms with Crippen LogP contribution >= 0.6 is 0 Å². The van der Waals surface area contributed by atoms with Crippen LogP contribution in [0.4, 0.5) is 0 Å². The van der Waals surface area contributed by atoms with Gasteiger partial charge in [0.25, 0.3) is 0 Å². The van der Waals surface area contributed by atoms with Crippen molar-refractivity contribution >= 4 is 41.6 Å². The minimum atomic E-state index is -4.63. The molecule has 29 heavy (non-hydrogen) atoms. The maximum absolute atomic E-state index is 12.7. The van der Waals surface area contributed by atoms with Crippen LogP contribution in [0.5, 0.6) is 0 Å². The average molecular weight is 432 g/mol. The highest BCUT2D eigenvalue weighted by molar-refractivity contribution is 8.08. The zero-order valence-electron chi connectivity index (χ0n) is 14.6. The van der Waals surface area contributed by atoms with Crippen LogP contribution < -0.4 is 11.3 Å². The van der Waals surface area contributed by atoms with Crippen molar-refractivity contribution in [2.45, 2.75) is 9.79 Å². The van der Waals surface area contributed by atoms with Gasteiger partial charge in [-0.15, -0.1) is 0 Å². The molecule has 2 aromatic heterocycles. The largest absolute Gasteiger partial charge is 0.422 e. The van der Waals surface area contributed by atoms with Crippen molar-refractivity contribution < 1.29 is 25.7 Å². The van der Waals surface area contributed by atoms with E-state index >= 15 is 0 Å². The van der Waals surface area contributed by atoms with Gasteiger partial charge in [-0.1, -0.05) is 36.4 Å². The fourth-order valence-electron chi connectivity index (χ4n) is 2.85. The summed E-state index contributed by atoms with van der Waals surface area (Å²) in [7, 11) is -9.27. The van der Waals surface area contributed by atoms with E-state index in [4.69, 9.17) is 8.83 Å². The number of hydrogen-bond acceptors (Lipinski definition) is 8. The fourth-order valence-corrected chi connectivity index (χ4v) is 6.70. The molecule has 0 saturated carbocycles. The molecule has 0 aliphatic heterocycles. The number of para-hydroxylation sites is 2. The fraction of sp³-hybridized carbons (Fsp3) is 0.0526. The van der Waals surface area contributed by atoms with E-state index in [0.717, 1.165) is 12.1 Å². The predicted molar refractivity (Wildman–Crippen MR) is 104 cm³/mol. The summed E-state index contributed by atoms with van der Waals surface area (Å²) in [5.74, 6) is 0. The number of rotatable bonds is 4.